The number of benzene rings is 3. The number of likely N-dealkylation sites (N-methyl/N-ethyl adjacent to an activating group) is 1. The van der Waals surface area contributed by atoms with Crippen LogP contribution in [0.4, 0.5) is 0 Å². The summed E-state index contributed by atoms with van der Waals surface area (Å²) < 4.78 is 6.12. The van der Waals surface area contributed by atoms with Gasteiger partial charge in [-0.25, -0.2) is 0 Å². The van der Waals surface area contributed by atoms with Crippen LogP contribution in [0.2, 0.25) is 0 Å². The molecule has 0 heterocycles. The van der Waals surface area contributed by atoms with Crippen LogP contribution in [0.5, 0.6) is 5.75 Å². The van der Waals surface area contributed by atoms with Gasteiger partial charge in [-0.15, -0.1) is 11.6 Å². The van der Waals surface area contributed by atoms with Crippen molar-refractivity contribution in [2.75, 3.05) is 26.1 Å². The Morgan fingerprint density at radius 2 is 1.29 bits per heavy atom. The molecule has 180 valence electrons. The molecule has 3 rings (SSSR count). The average molecular weight is 476 g/mol. The number of nitrogens with zero attached hydrogens (tertiary/aromatic N) is 1. The van der Waals surface area contributed by atoms with Gasteiger partial charge in [0.25, 0.3) is 0 Å². The standard InChI is InChI=1S/C31H38ClNO/c1-5-29(25-14-10-8-11-15-25)30(26-16-12-9-13-17-26)27-18-20-28(21-19-27)34-23-22-33(4)31(6-2,7-3)24-32/h8-21H,5-7,22-24H2,1-4H3. The SMILES string of the molecule is CCC(=C(c1ccccc1)c1ccc(OCCN(C)C(CC)(CC)CCl)cc1)c1ccccc1. The van der Waals surface area contributed by atoms with Crippen LogP contribution < -0.4 is 4.74 Å². The first kappa shape index (κ1) is 26.1. The van der Waals surface area contributed by atoms with Gasteiger partial charge in [-0.1, -0.05) is 93.6 Å². The minimum atomic E-state index is 0.0398. The molecule has 3 aromatic carbocycles. The van der Waals surface area contributed by atoms with E-state index in [1.54, 1.807) is 0 Å². The fraction of sp³-hybridized carbons (Fsp3) is 0.355. The predicted molar refractivity (Wildman–Crippen MR) is 148 cm³/mol. The Kier molecular flexibility index (Phi) is 9.80. The second-order valence-corrected chi connectivity index (χ2v) is 9.07. The molecule has 0 spiro atoms. The van der Waals surface area contributed by atoms with Gasteiger partial charge in [-0.05, 0) is 66.3 Å². The first-order valence-electron chi connectivity index (χ1n) is 12.4. The van der Waals surface area contributed by atoms with Gasteiger partial charge in [0, 0.05) is 18.0 Å². The van der Waals surface area contributed by atoms with Crippen molar-refractivity contribution in [2.45, 2.75) is 45.6 Å². The summed E-state index contributed by atoms with van der Waals surface area (Å²) in [6.07, 6.45) is 3.03. The molecule has 0 radical (unpaired) electrons. The number of hydrogen-bond acceptors (Lipinski definition) is 2. The van der Waals surface area contributed by atoms with Gasteiger partial charge < -0.3 is 4.74 Å². The van der Waals surface area contributed by atoms with Crippen LogP contribution in [0.15, 0.2) is 84.9 Å². The van der Waals surface area contributed by atoms with Crippen molar-refractivity contribution in [2.24, 2.45) is 0 Å². The van der Waals surface area contributed by atoms with Crippen LogP contribution in [-0.2, 0) is 0 Å². The highest BCUT2D eigenvalue weighted by Crippen LogP contribution is 2.35. The van der Waals surface area contributed by atoms with Crippen molar-refractivity contribution in [3.8, 4) is 5.75 Å². The highest BCUT2D eigenvalue weighted by atomic mass is 35.5. The predicted octanol–water partition coefficient (Wildman–Crippen LogP) is 8.16. The number of allylic oxidation sites excluding steroid dienone is 1. The Balaban J connectivity index is 1.82. The third kappa shape index (κ3) is 6.11. The lowest BCUT2D eigenvalue weighted by atomic mass is 9.88. The lowest BCUT2D eigenvalue weighted by molar-refractivity contribution is 0.109. The molecule has 2 nitrogen and oxygen atoms in total. The first-order chi connectivity index (χ1) is 16.6. The normalized spacial score (nSPS) is 12.5. The van der Waals surface area contributed by atoms with Gasteiger partial charge in [0.15, 0.2) is 0 Å². The fourth-order valence-electron chi connectivity index (χ4n) is 4.62. The molecule has 3 aromatic rings. The van der Waals surface area contributed by atoms with Crippen molar-refractivity contribution >= 4 is 22.7 Å². The summed E-state index contributed by atoms with van der Waals surface area (Å²) >= 11 is 6.31. The van der Waals surface area contributed by atoms with E-state index in [9.17, 15) is 0 Å². The zero-order valence-electron chi connectivity index (χ0n) is 21.1. The molecule has 0 aliphatic heterocycles. The van der Waals surface area contributed by atoms with E-state index in [0.717, 1.165) is 31.6 Å². The molecular weight excluding hydrogens is 438 g/mol. The summed E-state index contributed by atoms with van der Waals surface area (Å²) in [5.74, 6) is 1.54. The minimum absolute atomic E-state index is 0.0398. The van der Waals surface area contributed by atoms with Crippen molar-refractivity contribution in [1.82, 2.24) is 4.90 Å². The lowest BCUT2D eigenvalue weighted by Gasteiger charge is -2.39. The number of ether oxygens (including phenoxy) is 1. The zero-order valence-corrected chi connectivity index (χ0v) is 21.8. The molecule has 0 N–H and O–H groups in total. The van der Waals surface area contributed by atoms with E-state index >= 15 is 0 Å². The van der Waals surface area contributed by atoms with E-state index in [1.807, 2.05) is 0 Å². The Hall–Kier alpha value is -2.55. The summed E-state index contributed by atoms with van der Waals surface area (Å²) in [6, 6.07) is 29.9. The van der Waals surface area contributed by atoms with E-state index in [-0.39, 0.29) is 5.54 Å². The topological polar surface area (TPSA) is 12.5 Å². The van der Waals surface area contributed by atoms with Crippen LogP contribution in [0, 0.1) is 0 Å². The number of rotatable bonds is 12. The number of hydrogen-bond donors (Lipinski definition) is 0. The first-order valence-corrected chi connectivity index (χ1v) is 13.0. The lowest BCUT2D eigenvalue weighted by Crippen LogP contribution is -2.48. The Morgan fingerprint density at radius 3 is 1.79 bits per heavy atom. The van der Waals surface area contributed by atoms with Gasteiger partial charge in [-0.3, -0.25) is 4.90 Å². The molecule has 0 fully saturated rings. The maximum absolute atomic E-state index is 6.31. The van der Waals surface area contributed by atoms with E-state index < -0.39 is 0 Å². The second kappa shape index (κ2) is 12.8. The second-order valence-electron chi connectivity index (χ2n) is 8.80. The van der Waals surface area contributed by atoms with E-state index in [1.165, 1.54) is 27.8 Å². The quantitative estimate of drug-likeness (QED) is 0.193. The summed E-state index contributed by atoms with van der Waals surface area (Å²) in [5, 5.41) is 0. The Labute approximate surface area is 211 Å². The van der Waals surface area contributed by atoms with E-state index in [0.29, 0.717) is 12.5 Å². The smallest absolute Gasteiger partial charge is 0.119 e. The van der Waals surface area contributed by atoms with E-state index in [2.05, 4.69) is 118 Å². The summed E-state index contributed by atoms with van der Waals surface area (Å²) in [6.45, 7) is 8.13. The maximum Gasteiger partial charge on any atom is 0.119 e. The molecule has 0 saturated carbocycles. The fourth-order valence-corrected chi connectivity index (χ4v) is 5.20. The van der Waals surface area contributed by atoms with Crippen LogP contribution in [-0.4, -0.2) is 36.5 Å². The van der Waals surface area contributed by atoms with Crippen LogP contribution in [0.25, 0.3) is 11.1 Å². The molecule has 0 bridgehead atoms. The highest BCUT2D eigenvalue weighted by molar-refractivity contribution is 6.18. The molecule has 0 atom stereocenters. The van der Waals surface area contributed by atoms with Crippen LogP contribution in [0.1, 0.15) is 56.7 Å². The molecule has 3 heteroatoms. The molecule has 0 aliphatic carbocycles. The molecule has 34 heavy (non-hydrogen) atoms. The zero-order chi connectivity index (χ0) is 24.4. The summed E-state index contributed by atoms with van der Waals surface area (Å²) in [4.78, 5) is 2.35. The molecule has 0 unspecified atom stereocenters. The van der Waals surface area contributed by atoms with Crippen molar-refractivity contribution in [3.63, 3.8) is 0 Å². The van der Waals surface area contributed by atoms with Crippen LogP contribution >= 0.6 is 11.6 Å². The minimum Gasteiger partial charge on any atom is -0.492 e. The molecular formula is C31H38ClNO. The molecule has 0 saturated heterocycles. The summed E-state index contributed by atoms with van der Waals surface area (Å²) in [7, 11) is 2.15. The number of halogens is 1. The van der Waals surface area contributed by atoms with Crippen molar-refractivity contribution in [3.05, 3.63) is 102 Å². The van der Waals surface area contributed by atoms with Gasteiger partial charge >= 0.3 is 0 Å². The largest absolute Gasteiger partial charge is 0.492 e. The third-order valence-corrected chi connectivity index (χ3v) is 7.55. The average Bonchev–Trinajstić information content (AvgIpc) is 2.90. The van der Waals surface area contributed by atoms with Crippen molar-refractivity contribution < 1.29 is 4.74 Å². The Morgan fingerprint density at radius 1 is 0.765 bits per heavy atom. The van der Waals surface area contributed by atoms with E-state index in [4.69, 9.17) is 16.3 Å². The van der Waals surface area contributed by atoms with Crippen molar-refractivity contribution in [1.29, 1.82) is 0 Å². The molecule has 0 aromatic heterocycles. The van der Waals surface area contributed by atoms with Gasteiger partial charge in [-0.2, -0.15) is 0 Å². The third-order valence-electron chi connectivity index (χ3n) is 7.05. The van der Waals surface area contributed by atoms with Gasteiger partial charge in [0.1, 0.15) is 12.4 Å². The highest BCUT2D eigenvalue weighted by Gasteiger charge is 2.29. The molecule has 0 amide bonds. The summed E-state index contributed by atoms with van der Waals surface area (Å²) in [5.41, 5.74) is 6.36. The number of alkyl halides is 1. The van der Waals surface area contributed by atoms with Gasteiger partial charge in [0.05, 0.1) is 0 Å². The van der Waals surface area contributed by atoms with Gasteiger partial charge in [0.2, 0.25) is 0 Å². The monoisotopic (exact) mass is 475 g/mol. The maximum atomic E-state index is 6.31. The Bertz CT molecular complexity index is 1020. The van der Waals surface area contributed by atoms with Crippen LogP contribution in [0.3, 0.4) is 0 Å². The molecule has 0 aliphatic rings.